The summed E-state index contributed by atoms with van der Waals surface area (Å²) in [5, 5.41) is 3.54. The molecule has 0 fully saturated rings. The van der Waals surface area contributed by atoms with Gasteiger partial charge in [-0.1, -0.05) is 26.0 Å². The Morgan fingerprint density at radius 1 is 1.20 bits per heavy atom. The third-order valence-corrected chi connectivity index (χ3v) is 5.36. The van der Waals surface area contributed by atoms with Gasteiger partial charge in [-0.25, -0.2) is 0 Å². The Morgan fingerprint density at radius 2 is 2.04 bits per heavy atom. The SMILES string of the molecule is CCOc1cccc(C(CC)CCCNc2ccnc(CC)c2Br)c1. The third kappa shape index (κ3) is 5.74. The summed E-state index contributed by atoms with van der Waals surface area (Å²) in [5.41, 5.74) is 3.62. The van der Waals surface area contributed by atoms with Gasteiger partial charge in [0.25, 0.3) is 0 Å². The fourth-order valence-electron chi connectivity index (χ4n) is 3.07. The molecule has 0 radical (unpaired) electrons. The van der Waals surface area contributed by atoms with Crippen LogP contribution in [-0.2, 0) is 6.42 Å². The molecule has 0 aliphatic rings. The van der Waals surface area contributed by atoms with Gasteiger partial charge in [0.2, 0.25) is 0 Å². The zero-order chi connectivity index (χ0) is 18.1. The van der Waals surface area contributed by atoms with E-state index in [-0.39, 0.29) is 0 Å². The Kier molecular flexibility index (Phi) is 8.26. The molecule has 0 aliphatic heterocycles. The Balaban J connectivity index is 1.88. The minimum Gasteiger partial charge on any atom is -0.494 e. The lowest BCUT2D eigenvalue weighted by Gasteiger charge is -2.17. The average Bonchev–Trinajstić information content (AvgIpc) is 2.63. The first-order chi connectivity index (χ1) is 12.2. The lowest BCUT2D eigenvalue weighted by atomic mass is 9.92. The molecule has 1 aromatic heterocycles. The molecule has 0 aliphatic carbocycles. The molecule has 136 valence electrons. The molecular weight excluding hydrogens is 376 g/mol. The first-order valence-electron chi connectivity index (χ1n) is 9.29. The molecule has 1 heterocycles. The summed E-state index contributed by atoms with van der Waals surface area (Å²) in [6.07, 6.45) is 6.26. The molecule has 1 N–H and O–H groups in total. The normalized spacial score (nSPS) is 12.0. The van der Waals surface area contributed by atoms with Crippen LogP contribution in [0.2, 0.25) is 0 Å². The molecule has 0 bridgehead atoms. The highest BCUT2D eigenvalue weighted by Crippen LogP contribution is 2.28. The van der Waals surface area contributed by atoms with Crippen LogP contribution >= 0.6 is 15.9 Å². The largest absolute Gasteiger partial charge is 0.494 e. The average molecular weight is 405 g/mol. The van der Waals surface area contributed by atoms with E-state index in [2.05, 4.69) is 58.3 Å². The van der Waals surface area contributed by atoms with Crippen LogP contribution in [-0.4, -0.2) is 18.1 Å². The van der Waals surface area contributed by atoms with Crippen molar-refractivity contribution in [3.8, 4) is 5.75 Å². The van der Waals surface area contributed by atoms with Crippen molar-refractivity contribution in [1.82, 2.24) is 4.98 Å². The Bertz CT molecular complexity index is 660. The van der Waals surface area contributed by atoms with Gasteiger partial charge in [0.05, 0.1) is 22.5 Å². The van der Waals surface area contributed by atoms with Crippen LogP contribution in [0.15, 0.2) is 41.0 Å². The Hall–Kier alpha value is -1.55. The predicted molar refractivity (Wildman–Crippen MR) is 110 cm³/mol. The highest BCUT2D eigenvalue weighted by atomic mass is 79.9. The lowest BCUT2D eigenvalue weighted by Crippen LogP contribution is -2.06. The fraction of sp³-hybridized carbons (Fsp3) is 0.476. The van der Waals surface area contributed by atoms with Gasteiger partial charge in [0.1, 0.15) is 5.75 Å². The minimum absolute atomic E-state index is 0.578. The minimum atomic E-state index is 0.578. The van der Waals surface area contributed by atoms with E-state index >= 15 is 0 Å². The zero-order valence-corrected chi connectivity index (χ0v) is 17.1. The quantitative estimate of drug-likeness (QED) is 0.479. The molecule has 2 aromatic rings. The molecule has 4 heteroatoms. The van der Waals surface area contributed by atoms with Crippen molar-refractivity contribution in [3.63, 3.8) is 0 Å². The van der Waals surface area contributed by atoms with Crippen LogP contribution in [0.1, 0.15) is 57.2 Å². The zero-order valence-electron chi connectivity index (χ0n) is 15.5. The van der Waals surface area contributed by atoms with Gasteiger partial charge < -0.3 is 10.1 Å². The molecular formula is C21H29BrN2O. The number of pyridine rings is 1. The Morgan fingerprint density at radius 3 is 2.76 bits per heavy atom. The molecule has 0 saturated heterocycles. The summed E-state index contributed by atoms with van der Waals surface area (Å²) in [6, 6.07) is 10.6. The van der Waals surface area contributed by atoms with Gasteiger partial charge in [-0.05, 0) is 78.2 Å². The maximum absolute atomic E-state index is 5.64. The van der Waals surface area contributed by atoms with Gasteiger partial charge in [-0.3, -0.25) is 4.98 Å². The summed E-state index contributed by atoms with van der Waals surface area (Å²) >= 11 is 3.66. The number of halogens is 1. The van der Waals surface area contributed by atoms with E-state index in [0.717, 1.165) is 47.4 Å². The highest BCUT2D eigenvalue weighted by molar-refractivity contribution is 9.10. The van der Waals surface area contributed by atoms with Crippen molar-refractivity contribution in [3.05, 3.63) is 52.3 Å². The van der Waals surface area contributed by atoms with E-state index in [0.29, 0.717) is 12.5 Å². The molecule has 1 aromatic carbocycles. The molecule has 1 atom stereocenters. The summed E-state index contributed by atoms with van der Waals surface area (Å²) in [4.78, 5) is 4.39. The summed E-state index contributed by atoms with van der Waals surface area (Å²) in [7, 11) is 0. The van der Waals surface area contributed by atoms with E-state index in [4.69, 9.17) is 4.74 Å². The number of hydrogen-bond donors (Lipinski definition) is 1. The maximum atomic E-state index is 5.64. The van der Waals surface area contributed by atoms with Crippen molar-refractivity contribution in [2.75, 3.05) is 18.5 Å². The van der Waals surface area contributed by atoms with Gasteiger partial charge in [-0.15, -0.1) is 0 Å². The van der Waals surface area contributed by atoms with Gasteiger partial charge in [0, 0.05) is 12.7 Å². The number of aryl methyl sites for hydroxylation is 1. The van der Waals surface area contributed by atoms with Crippen LogP contribution in [0.25, 0.3) is 0 Å². The number of benzene rings is 1. The van der Waals surface area contributed by atoms with Gasteiger partial charge >= 0.3 is 0 Å². The lowest BCUT2D eigenvalue weighted by molar-refractivity contribution is 0.339. The van der Waals surface area contributed by atoms with E-state index in [1.807, 2.05) is 25.3 Å². The number of nitrogens with zero attached hydrogens (tertiary/aromatic N) is 1. The Labute approximate surface area is 160 Å². The topological polar surface area (TPSA) is 34.1 Å². The number of ether oxygens (including phenoxy) is 1. The number of rotatable bonds is 10. The summed E-state index contributed by atoms with van der Waals surface area (Å²) < 4.78 is 6.73. The van der Waals surface area contributed by atoms with E-state index < -0.39 is 0 Å². The first-order valence-corrected chi connectivity index (χ1v) is 10.1. The van der Waals surface area contributed by atoms with Crippen LogP contribution in [0.5, 0.6) is 5.75 Å². The number of aromatic nitrogens is 1. The second-order valence-corrected chi connectivity index (χ2v) is 6.95. The van der Waals surface area contributed by atoms with Crippen LogP contribution in [0.3, 0.4) is 0 Å². The van der Waals surface area contributed by atoms with E-state index in [1.165, 1.54) is 12.0 Å². The molecule has 1 unspecified atom stereocenters. The van der Waals surface area contributed by atoms with Gasteiger partial charge in [0.15, 0.2) is 0 Å². The highest BCUT2D eigenvalue weighted by Gasteiger charge is 2.11. The van der Waals surface area contributed by atoms with E-state index in [9.17, 15) is 0 Å². The van der Waals surface area contributed by atoms with Gasteiger partial charge in [-0.2, -0.15) is 0 Å². The maximum Gasteiger partial charge on any atom is 0.119 e. The van der Waals surface area contributed by atoms with Crippen LogP contribution in [0, 0.1) is 0 Å². The summed E-state index contributed by atoms with van der Waals surface area (Å²) in [6.45, 7) is 8.09. The first kappa shape index (κ1) is 19.8. The number of nitrogens with one attached hydrogen (secondary N) is 1. The monoisotopic (exact) mass is 404 g/mol. The van der Waals surface area contributed by atoms with Crippen molar-refractivity contribution in [2.24, 2.45) is 0 Å². The smallest absolute Gasteiger partial charge is 0.119 e. The molecule has 3 nitrogen and oxygen atoms in total. The molecule has 0 spiro atoms. The second kappa shape index (κ2) is 10.4. The van der Waals surface area contributed by atoms with Crippen molar-refractivity contribution in [2.45, 2.75) is 52.4 Å². The van der Waals surface area contributed by atoms with Crippen LogP contribution in [0.4, 0.5) is 5.69 Å². The van der Waals surface area contributed by atoms with E-state index in [1.54, 1.807) is 0 Å². The molecule has 0 amide bonds. The van der Waals surface area contributed by atoms with Crippen molar-refractivity contribution >= 4 is 21.6 Å². The predicted octanol–water partition coefficient (Wildman–Crippen LogP) is 6.19. The fourth-order valence-corrected chi connectivity index (χ4v) is 3.73. The molecule has 2 rings (SSSR count). The number of hydrogen-bond acceptors (Lipinski definition) is 3. The molecule has 0 saturated carbocycles. The second-order valence-electron chi connectivity index (χ2n) is 6.15. The van der Waals surface area contributed by atoms with Crippen molar-refractivity contribution in [1.29, 1.82) is 0 Å². The van der Waals surface area contributed by atoms with Crippen LogP contribution < -0.4 is 10.1 Å². The standard InChI is InChI=1S/C21H29BrN2O/c1-4-16(17-9-7-11-18(15-17)25-6-3)10-8-13-23-20-12-14-24-19(5-2)21(20)22/h7,9,11-12,14-16H,4-6,8,10,13H2,1-3H3,(H,23,24). The summed E-state index contributed by atoms with van der Waals surface area (Å²) in [5.74, 6) is 1.55. The third-order valence-electron chi connectivity index (χ3n) is 4.47. The number of anilines is 1. The molecule has 25 heavy (non-hydrogen) atoms. The van der Waals surface area contributed by atoms with Crippen molar-refractivity contribution < 1.29 is 4.74 Å².